The number of piperidine rings is 1. The van der Waals surface area contributed by atoms with Crippen LogP contribution < -0.4 is 4.74 Å². The molecule has 0 N–H and O–H groups in total. The lowest BCUT2D eigenvalue weighted by molar-refractivity contribution is 0.215. The first-order valence-corrected chi connectivity index (χ1v) is 10.4. The Morgan fingerprint density at radius 3 is 2.50 bits per heavy atom. The summed E-state index contributed by atoms with van der Waals surface area (Å²) < 4.78 is 6.09. The summed E-state index contributed by atoms with van der Waals surface area (Å²) in [5.41, 5.74) is 2.55. The molecular formula is C23H30ClNO. The van der Waals surface area contributed by atoms with Gasteiger partial charge in [-0.25, -0.2) is 0 Å². The summed E-state index contributed by atoms with van der Waals surface area (Å²) >= 11 is 6.21. The molecule has 0 unspecified atom stereocenters. The van der Waals surface area contributed by atoms with E-state index in [0.29, 0.717) is 0 Å². The fourth-order valence-corrected chi connectivity index (χ4v) is 3.81. The minimum Gasteiger partial charge on any atom is -0.493 e. The minimum atomic E-state index is 0.783. The number of hydrogen-bond donors (Lipinski definition) is 0. The van der Waals surface area contributed by atoms with Gasteiger partial charge in [0, 0.05) is 5.02 Å². The molecule has 2 nitrogen and oxygen atoms in total. The lowest BCUT2D eigenvalue weighted by Gasteiger charge is -2.26. The molecule has 3 rings (SSSR count). The Morgan fingerprint density at radius 1 is 0.885 bits per heavy atom. The number of rotatable bonds is 9. The fourth-order valence-electron chi connectivity index (χ4n) is 3.61. The van der Waals surface area contributed by atoms with Gasteiger partial charge in [-0.15, -0.1) is 0 Å². The summed E-state index contributed by atoms with van der Waals surface area (Å²) in [7, 11) is 0. The summed E-state index contributed by atoms with van der Waals surface area (Å²) in [5.74, 6) is 0.989. The molecule has 1 aliphatic rings. The standard InChI is InChI=1S/C23H30ClNO/c24-22-13-14-23(21(19-22)12-11-20-9-3-1-4-10-20)26-18-8-7-17-25-15-5-2-6-16-25/h1,3-4,9-10,13-14,19H,2,5-8,11-12,15-18H2. The molecule has 2 aromatic rings. The molecule has 0 spiro atoms. The van der Waals surface area contributed by atoms with Gasteiger partial charge in [0.25, 0.3) is 0 Å². The maximum Gasteiger partial charge on any atom is 0.122 e. The van der Waals surface area contributed by atoms with Gasteiger partial charge in [-0.3, -0.25) is 0 Å². The second-order valence-electron chi connectivity index (χ2n) is 7.20. The van der Waals surface area contributed by atoms with Crippen molar-refractivity contribution >= 4 is 11.6 Å². The second-order valence-corrected chi connectivity index (χ2v) is 7.63. The van der Waals surface area contributed by atoms with Crippen molar-refractivity contribution in [2.45, 2.75) is 44.9 Å². The third kappa shape index (κ3) is 6.34. The van der Waals surface area contributed by atoms with Crippen LogP contribution in [0.15, 0.2) is 48.5 Å². The first kappa shape index (κ1) is 19.3. The van der Waals surface area contributed by atoms with Gasteiger partial charge in [-0.1, -0.05) is 48.4 Å². The summed E-state index contributed by atoms with van der Waals surface area (Å²) in [6, 6.07) is 16.6. The molecule has 0 atom stereocenters. The Kier molecular flexibility index (Phi) is 7.85. The van der Waals surface area contributed by atoms with Crippen molar-refractivity contribution in [1.82, 2.24) is 4.90 Å². The maximum absolute atomic E-state index is 6.21. The molecule has 0 saturated carbocycles. The monoisotopic (exact) mass is 371 g/mol. The zero-order valence-electron chi connectivity index (χ0n) is 15.6. The van der Waals surface area contributed by atoms with E-state index in [9.17, 15) is 0 Å². The second kappa shape index (κ2) is 10.6. The number of nitrogens with zero attached hydrogens (tertiary/aromatic N) is 1. The first-order valence-electron chi connectivity index (χ1n) is 9.99. The van der Waals surface area contributed by atoms with E-state index in [1.165, 1.54) is 56.4 Å². The summed E-state index contributed by atoms with van der Waals surface area (Å²) in [6.07, 6.45) is 8.42. The molecule has 1 aliphatic heterocycles. The zero-order valence-corrected chi connectivity index (χ0v) is 16.4. The van der Waals surface area contributed by atoms with E-state index in [-0.39, 0.29) is 0 Å². The highest BCUT2D eigenvalue weighted by atomic mass is 35.5. The fraction of sp³-hybridized carbons (Fsp3) is 0.478. The highest BCUT2D eigenvalue weighted by Crippen LogP contribution is 2.25. The molecule has 3 heteroatoms. The van der Waals surface area contributed by atoms with Gasteiger partial charge in [0.2, 0.25) is 0 Å². The quantitative estimate of drug-likeness (QED) is 0.519. The van der Waals surface area contributed by atoms with Gasteiger partial charge in [-0.2, -0.15) is 0 Å². The van der Waals surface area contributed by atoms with Gasteiger partial charge in [0.05, 0.1) is 6.61 Å². The molecule has 0 amide bonds. The van der Waals surface area contributed by atoms with E-state index in [0.717, 1.165) is 36.6 Å². The summed E-state index contributed by atoms with van der Waals surface area (Å²) in [5, 5.41) is 0.783. The summed E-state index contributed by atoms with van der Waals surface area (Å²) in [4.78, 5) is 2.59. The smallest absolute Gasteiger partial charge is 0.122 e. The molecule has 1 fully saturated rings. The lowest BCUT2D eigenvalue weighted by Crippen LogP contribution is -2.30. The molecule has 0 radical (unpaired) electrons. The number of hydrogen-bond acceptors (Lipinski definition) is 2. The molecule has 1 heterocycles. The van der Waals surface area contributed by atoms with Gasteiger partial charge in [0.1, 0.15) is 5.75 Å². The SMILES string of the molecule is Clc1ccc(OCCCCN2CCCCC2)c(CCc2ccccc2)c1. The van der Waals surface area contributed by atoms with Crippen molar-refractivity contribution in [3.8, 4) is 5.75 Å². The number of unbranched alkanes of at least 4 members (excludes halogenated alkanes) is 1. The van der Waals surface area contributed by atoms with E-state index in [4.69, 9.17) is 16.3 Å². The predicted molar refractivity (Wildman–Crippen MR) is 110 cm³/mol. The first-order chi connectivity index (χ1) is 12.8. The van der Waals surface area contributed by atoms with Gasteiger partial charge >= 0.3 is 0 Å². The Labute approximate surface area is 163 Å². The molecular weight excluding hydrogens is 342 g/mol. The molecule has 140 valence electrons. The van der Waals surface area contributed by atoms with Crippen LogP contribution in [-0.2, 0) is 12.8 Å². The highest BCUT2D eigenvalue weighted by Gasteiger charge is 2.09. The van der Waals surface area contributed by atoms with Gasteiger partial charge in [-0.05, 0) is 87.5 Å². The Balaban J connectivity index is 1.44. The average molecular weight is 372 g/mol. The molecule has 0 aliphatic carbocycles. The van der Waals surface area contributed by atoms with E-state index >= 15 is 0 Å². The van der Waals surface area contributed by atoms with Crippen LogP contribution in [0.2, 0.25) is 5.02 Å². The lowest BCUT2D eigenvalue weighted by atomic mass is 10.0. The maximum atomic E-state index is 6.21. The number of ether oxygens (including phenoxy) is 1. The molecule has 26 heavy (non-hydrogen) atoms. The Bertz CT molecular complexity index is 653. The van der Waals surface area contributed by atoms with Crippen molar-refractivity contribution in [2.24, 2.45) is 0 Å². The largest absolute Gasteiger partial charge is 0.493 e. The van der Waals surface area contributed by atoms with Crippen LogP contribution in [0.3, 0.4) is 0 Å². The van der Waals surface area contributed by atoms with E-state index in [1.54, 1.807) is 0 Å². The topological polar surface area (TPSA) is 12.5 Å². The van der Waals surface area contributed by atoms with Crippen LogP contribution in [0.1, 0.15) is 43.2 Å². The number of likely N-dealkylation sites (tertiary alicyclic amines) is 1. The number of aryl methyl sites for hydroxylation is 2. The molecule has 0 bridgehead atoms. The van der Waals surface area contributed by atoms with Gasteiger partial charge in [0.15, 0.2) is 0 Å². The average Bonchev–Trinajstić information content (AvgIpc) is 2.69. The Morgan fingerprint density at radius 2 is 1.69 bits per heavy atom. The molecule has 2 aromatic carbocycles. The number of halogens is 1. The predicted octanol–water partition coefficient (Wildman–Crippen LogP) is 5.77. The van der Waals surface area contributed by atoms with Crippen molar-refractivity contribution in [3.05, 3.63) is 64.7 Å². The van der Waals surface area contributed by atoms with E-state index in [2.05, 4.69) is 35.2 Å². The number of benzene rings is 2. The van der Waals surface area contributed by atoms with Crippen molar-refractivity contribution < 1.29 is 4.74 Å². The van der Waals surface area contributed by atoms with Crippen LogP contribution in [0.4, 0.5) is 0 Å². The molecule has 1 saturated heterocycles. The molecule has 0 aromatic heterocycles. The summed E-state index contributed by atoms with van der Waals surface area (Å²) in [6.45, 7) is 4.56. The van der Waals surface area contributed by atoms with Crippen LogP contribution in [-0.4, -0.2) is 31.1 Å². The van der Waals surface area contributed by atoms with Crippen molar-refractivity contribution in [1.29, 1.82) is 0 Å². The zero-order chi connectivity index (χ0) is 18.0. The van der Waals surface area contributed by atoms with E-state index < -0.39 is 0 Å². The van der Waals surface area contributed by atoms with Crippen LogP contribution in [0, 0.1) is 0 Å². The van der Waals surface area contributed by atoms with Crippen LogP contribution >= 0.6 is 11.6 Å². The van der Waals surface area contributed by atoms with Crippen LogP contribution in [0.25, 0.3) is 0 Å². The van der Waals surface area contributed by atoms with E-state index in [1.807, 2.05) is 18.2 Å². The normalized spacial score (nSPS) is 15.1. The highest BCUT2D eigenvalue weighted by molar-refractivity contribution is 6.30. The van der Waals surface area contributed by atoms with Crippen molar-refractivity contribution in [3.63, 3.8) is 0 Å². The third-order valence-corrected chi connectivity index (χ3v) is 5.36. The minimum absolute atomic E-state index is 0.783. The van der Waals surface area contributed by atoms with Crippen molar-refractivity contribution in [2.75, 3.05) is 26.2 Å². The van der Waals surface area contributed by atoms with Crippen LogP contribution in [0.5, 0.6) is 5.75 Å². The van der Waals surface area contributed by atoms with Gasteiger partial charge < -0.3 is 9.64 Å². The third-order valence-electron chi connectivity index (χ3n) is 5.12. The Hall–Kier alpha value is -1.51.